The topological polar surface area (TPSA) is 80.6 Å². The van der Waals surface area contributed by atoms with Crippen molar-refractivity contribution in [2.75, 3.05) is 12.0 Å². The highest BCUT2D eigenvalue weighted by Gasteiger charge is 2.37. The third-order valence-electron chi connectivity index (χ3n) is 5.72. The summed E-state index contributed by atoms with van der Waals surface area (Å²) in [4.78, 5) is 39.5. The van der Waals surface area contributed by atoms with Gasteiger partial charge in [0.25, 0.3) is 11.8 Å². The first kappa shape index (κ1) is 23.3. The standard InChI is InChI=1S/C26H24ClN3O4/c1-14-8-15(2)10-20(9-14)30-25(32)21(24(31)28-26(30)33)12-18-11-16(3)29(17(18)4)22-13-19(27)6-7-23(22)34-5/h6-13H,1-5H3,(H,28,31,33)/b21-12+. The summed E-state index contributed by atoms with van der Waals surface area (Å²) in [6.45, 7) is 7.54. The molecule has 174 valence electrons. The van der Waals surface area contributed by atoms with Gasteiger partial charge in [0, 0.05) is 16.4 Å². The molecule has 1 aromatic heterocycles. The number of halogens is 1. The van der Waals surface area contributed by atoms with Gasteiger partial charge >= 0.3 is 6.03 Å². The Bertz CT molecular complexity index is 1370. The van der Waals surface area contributed by atoms with E-state index in [0.717, 1.165) is 33.1 Å². The summed E-state index contributed by atoms with van der Waals surface area (Å²) in [5.41, 5.74) is 5.12. The molecule has 0 spiro atoms. The van der Waals surface area contributed by atoms with E-state index >= 15 is 0 Å². The first-order valence-electron chi connectivity index (χ1n) is 10.6. The Morgan fingerprint density at radius 1 is 0.941 bits per heavy atom. The van der Waals surface area contributed by atoms with Crippen molar-refractivity contribution >= 4 is 41.2 Å². The van der Waals surface area contributed by atoms with Gasteiger partial charge in [-0.15, -0.1) is 0 Å². The van der Waals surface area contributed by atoms with Gasteiger partial charge < -0.3 is 9.30 Å². The van der Waals surface area contributed by atoms with Crippen molar-refractivity contribution in [3.8, 4) is 11.4 Å². The predicted molar refractivity (Wildman–Crippen MR) is 132 cm³/mol. The Labute approximate surface area is 202 Å². The van der Waals surface area contributed by atoms with E-state index < -0.39 is 17.8 Å². The number of methoxy groups -OCH3 is 1. The molecular formula is C26H24ClN3O4. The molecule has 0 saturated carbocycles. The molecule has 4 amide bonds. The van der Waals surface area contributed by atoms with E-state index in [4.69, 9.17) is 16.3 Å². The molecule has 1 fully saturated rings. The fourth-order valence-electron chi connectivity index (χ4n) is 4.27. The van der Waals surface area contributed by atoms with Crippen LogP contribution in [0.3, 0.4) is 0 Å². The number of amides is 4. The molecule has 1 aliphatic rings. The van der Waals surface area contributed by atoms with Gasteiger partial charge in [-0.2, -0.15) is 0 Å². The highest BCUT2D eigenvalue weighted by molar-refractivity contribution is 6.39. The van der Waals surface area contributed by atoms with Gasteiger partial charge in [0.1, 0.15) is 11.3 Å². The van der Waals surface area contributed by atoms with Crippen LogP contribution in [0.15, 0.2) is 48.0 Å². The Hall–Kier alpha value is -3.84. The minimum absolute atomic E-state index is 0.128. The summed E-state index contributed by atoms with van der Waals surface area (Å²) in [5.74, 6) is -0.784. The number of anilines is 1. The van der Waals surface area contributed by atoms with Crippen LogP contribution in [0, 0.1) is 27.7 Å². The second kappa shape index (κ2) is 8.83. The summed E-state index contributed by atoms with van der Waals surface area (Å²) in [7, 11) is 1.58. The molecule has 0 aliphatic carbocycles. The number of nitrogens with zero attached hydrogens (tertiary/aromatic N) is 2. The van der Waals surface area contributed by atoms with E-state index in [1.807, 2.05) is 44.4 Å². The molecule has 8 heteroatoms. The first-order valence-corrected chi connectivity index (χ1v) is 11.0. The minimum atomic E-state index is -0.772. The lowest BCUT2D eigenvalue weighted by molar-refractivity contribution is -0.122. The maximum absolute atomic E-state index is 13.3. The van der Waals surface area contributed by atoms with Crippen molar-refractivity contribution in [2.45, 2.75) is 27.7 Å². The number of benzene rings is 2. The highest BCUT2D eigenvalue weighted by Crippen LogP contribution is 2.32. The molecule has 0 radical (unpaired) electrons. The van der Waals surface area contributed by atoms with E-state index in [9.17, 15) is 14.4 Å². The maximum Gasteiger partial charge on any atom is 0.335 e. The Kier molecular flexibility index (Phi) is 6.06. The highest BCUT2D eigenvalue weighted by atomic mass is 35.5. The SMILES string of the molecule is COc1ccc(Cl)cc1-n1c(C)cc(/C=C2\C(=O)NC(=O)N(c3cc(C)cc(C)c3)C2=O)c1C. The number of ether oxygens (including phenoxy) is 1. The van der Waals surface area contributed by atoms with E-state index in [-0.39, 0.29) is 5.57 Å². The lowest BCUT2D eigenvalue weighted by Gasteiger charge is -2.27. The van der Waals surface area contributed by atoms with Gasteiger partial charge in [0.15, 0.2) is 0 Å². The number of hydrogen-bond donors (Lipinski definition) is 1. The molecule has 2 heterocycles. The molecule has 34 heavy (non-hydrogen) atoms. The quantitative estimate of drug-likeness (QED) is 0.421. The van der Waals surface area contributed by atoms with Crippen LogP contribution < -0.4 is 15.0 Å². The monoisotopic (exact) mass is 477 g/mol. The van der Waals surface area contributed by atoms with Crippen LogP contribution in [-0.2, 0) is 9.59 Å². The van der Waals surface area contributed by atoms with E-state index in [0.29, 0.717) is 22.0 Å². The molecule has 0 atom stereocenters. The van der Waals surface area contributed by atoms with Gasteiger partial charge in [-0.3, -0.25) is 14.9 Å². The number of hydrogen-bond acceptors (Lipinski definition) is 4. The average molecular weight is 478 g/mol. The molecule has 2 aromatic carbocycles. The number of carbonyl (C=O) groups excluding carboxylic acids is 3. The number of aromatic nitrogens is 1. The lowest BCUT2D eigenvalue weighted by Crippen LogP contribution is -2.54. The van der Waals surface area contributed by atoms with Crippen LogP contribution in [0.2, 0.25) is 5.02 Å². The van der Waals surface area contributed by atoms with Crippen molar-refractivity contribution in [3.05, 3.63) is 81.1 Å². The molecule has 4 rings (SSSR count). The zero-order valence-electron chi connectivity index (χ0n) is 19.5. The zero-order valence-corrected chi connectivity index (χ0v) is 20.3. The number of urea groups is 1. The summed E-state index contributed by atoms with van der Waals surface area (Å²) >= 11 is 6.22. The smallest absolute Gasteiger partial charge is 0.335 e. The number of nitrogens with one attached hydrogen (secondary N) is 1. The van der Waals surface area contributed by atoms with E-state index in [2.05, 4.69) is 5.32 Å². The van der Waals surface area contributed by atoms with Crippen LogP contribution in [0.4, 0.5) is 10.5 Å². The van der Waals surface area contributed by atoms with Crippen LogP contribution in [-0.4, -0.2) is 29.5 Å². The number of rotatable bonds is 4. The second-order valence-corrected chi connectivity index (χ2v) is 8.72. The van der Waals surface area contributed by atoms with Crippen molar-refractivity contribution in [1.82, 2.24) is 9.88 Å². The van der Waals surface area contributed by atoms with Crippen molar-refractivity contribution in [1.29, 1.82) is 0 Å². The van der Waals surface area contributed by atoms with Gasteiger partial charge in [-0.05, 0) is 86.9 Å². The number of barbiturate groups is 1. The van der Waals surface area contributed by atoms with Crippen LogP contribution in [0.25, 0.3) is 11.8 Å². The van der Waals surface area contributed by atoms with Crippen LogP contribution >= 0.6 is 11.6 Å². The lowest BCUT2D eigenvalue weighted by atomic mass is 10.1. The second-order valence-electron chi connectivity index (χ2n) is 8.28. The number of imide groups is 2. The third kappa shape index (κ3) is 4.10. The summed E-state index contributed by atoms with van der Waals surface area (Å²) in [6.07, 6.45) is 1.51. The summed E-state index contributed by atoms with van der Waals surface area (Å²) < 4.78 is 7.43. The van der Waals surface area contributed by atoms with Crippen LogP contribution in [0.5, 0.6) is 5.75 Å². The fraction of sp³-hybridized carbons (Fsp3) is 0.192. The van der Waals surface area contributed by atoms with E-state index in [1.165, 1.54) is 6.08 Å². The number of aryl methyl sites for hydroxylation is 3. The number of carbonyl (C=O) groups is 3. The van der Waals surface area contributed by atoms with Crippen LogP contribution in [0.1, 0.15) is 28.1 Å². The zero-order chi connectivity index (χ0) is 24.7. The molecule has 7 nitrogen and oxygen atoms in total. The molecule has 0 bridgehead atoms. The van der Waals surface area contributed by atoms with Crippen molar-refractivity contribution < 1.29 is 19.1 Å². The minimum Gasteiger partial charge on any atom is -0.495 e. The Morgan fingerprint density at radius 2 is 1.62 bits per heavy atom. The van der Waals surface area contributed by atoms with Crippen molar-refractivity contribution in [3.63, 3.8) is 0 Å². The molecule has 0 unspecified atom stereocenters. The molecule has 1 saturated heterocycles. The van der Waals surface area contributed by atoms with Gasteiger partial charge in [0.05, 0.1) is 18.5 Å². The predicted octanol–water partition coefficient (Wildman–Crippen LogP) is 5.04. The third-order valence-corrected chi connectivity index (χ3v) is 5.95. The Morgan fingerprint density at radius 3 is 2.26 bits per heavy atom. The maximum atomic E-state index is 13.3. The first-order chi connectivity index (χ1) is 16.1. The Balaban J connectivity index is 1.80. The van der Waals surface area contributed by atoms with Gasteiger partial charge in [-0.1, -0.05) is 17.7 Å². The normalized spacial score (nSPS) is 15.2. The van der Waals surface area contributed by atoms with Crippen molar-refractivity contribution in [2.24, 2.45) is 0 Å². The summed E-state index contributed by atoms with van der Waals surface area (Å²) in [6, 6.07) is 11.8. The molecular weight excluding hydrogens is 454 g/mol. The van der Waals surface area contributed by atoms with Gasteiger partial charge in [-0.25, -0.2) is 9.69 Å². The molecule has 1 aliphatic heterocycles. The summed E-state index contributed by atoms with van der Waals surface area (Å²) in [5, 5.41) is 2.83. The average Bonchev–Trinajstić information content (AvgIpc) is 3.03. The molecule has 3 aromatic rings. The largest absolute Gasteiger partial charge is 0.495 e. The van der Waals surface area contributed by atoms with E-state index in [1.54, 1.807) is 37.4 Å². The van der Waals surface area contributed by atoms with Gasteiger partial charge in [0.2, 0.25) is 0 Å². The fourth-order valence-corrected chi connectivity index (χ4v) is 4.44. The molecule has 1 N–H and O–H groups in total.